The van der Waals surface area contributed by atoms with E-state index in [0.717, 1.165) is 0 Å². The summed E-state index contributed by atoms with van der Waals surface area (Å²) < 4.78 is 13.7. The lowest BCUT2D eigenvalue weighted by Gasteiger charge is -2.19. The molecule has 1 aromatic carbocycles. The Morgan fingerprint density at radius 1 is 1.47 bits per heavy atom. The Bertz CT molecular complexity index is 448. The van der Waals surface area contributed by atoms with E-state index < -0.39 is 6.10 Å². The van der Waals surface area contributed by atoms with Crippen molar-refractivity contribution in [3.8, 4) is 0 Å². The fourth-order valence-corrected chi connectivity index (χ4v) is 1.96. The van der Waals surface area contributed by atoms with Crippen LogP contribution >= 0.6 is 0 Å². The van der Waals surface area contributed by atoms with Crippen LogP contribution in [-0.2, 0) is 4.79 Å². The molecule has 0 radical (unpaired) electrons. The monoisotopic (exact) mass is 238 g/mol. The average molecular weight is 238 g/mol. The van der Waals surface area contributed by atoms with Gasteiger partial charge in [0, 0.05) is 19.8 Å². The van der Waals surface area contributed by atoms with Crippen LogP contribution in [0.1, 0.15) is 6.42 Å². The van der Waals surface area contributed by atoms with Crippen LogP contribution in [0.2, 0.25) is 0 Å². The second-order valence-corrected chi connectivity index (χ2v) is 4.39. The van der Waals surface area contributed by atoms with Crippen molar-refractivity contribution < 1.29 is 14.3 Å². The number of benzene rings is 1. The van der Waals surface area contributed by atoms with E-state index in [1.54, 1.807) is 31.1 Å². The van der Waals surface area contributed by atoms with Crippen molar-refractivity contribution in [2.45, 2.75) is 12.5 Å². The number of carbonyl (C=O) groups excluding carboxylic acids is 1. The Kier molecular flexibility index (Phi) is 3.02. The Morgan fingerprint density at radius 2 is 2.18 bits per heavy atom. The van der Waals surface area contributed by atoms with Gasteiger partial charge in [0.2, 0.25) is 5.91 Å². The van der Waals surface area contributed by atoms with Crippen molar-refractivity contribution in [1.29, 1.82) is 0 Å². The minimum Gasteiger partial charge on any atom is -0.391 e. The predicted octanol–water partition coefficient (Wildman–Crippen LogP) is 0.989. The maximum atomic E-state index is 13.7. The molecule has 0 spiro atoms. The molecule has 0 aliphatic carbocycles. The lowest BCUT2D eigenvalue weighted by Crippen LogP contribution is -2.25. The van der Waals surface area contributed by atoms with Crippen LogP contribution in [0.5, 0.6) is 0 Å². The number of halogens is 1. The third-order valence-corrected chi connectivity index (χ3v) is 2.83. The summed E-state index contributed by atoms with van der Waals surface area (Å²) in [6.07, 6.45) is -0.545. The zero-order valence-corrected chi connectivity index (χ0v) is 9.85. The number of aliphatic hydroxyl groups excluding tert-OH is 1. The Balaban J connectivity index is 2.29. The van der Waals surface area contributed by atoms with Gasteiger partial charge >= 0.3 is 0 Å². The van der Waals surface area contributed by atoms with Gasteiger partial charge in [0.15, 0.2) is 0 Å². The van der Waals surface area contributed by atoms with Gasteiger partial charge in [0.25, 0.3) is 0 Å². The van der Waals surface area contributed by atoms with Gasteiger partial charge < -0.3 is 14.9 Å². The molecule has 1 heterocycles. The molecule has 5 heteroatoms. The largest absolute Gasteiger partial charge is 0.391 e. The second kappa shape index (κ2) is 4.33. The number of amides is 1. The van der Waals surface area contributed by atoms with Gasteiger partial charge in [-0.15, -0.1) is 0 Å². The minimum atomic E-state index is -0.654. The molecular formula is C12H15FN2O2. The van der Waals surface area contributed by atoms with Gasteiger partial charge in [-0.2, -0.15) is 0 Å². The average Bonchev–Trinajstić information content (AvgIpc) is 2.57. The molecule has 1 atom stereocenters. The number of anilines is 2. The molecule has 1 amide bonds. The standard InChI is InChI=1S/C12H15FN2O2/c1-14(2)11-4-3-8(5-10(11)13)15-7-9(16)6-12(15)17/h3-5,9,16H,6-7H2,1-2H3. The van der Waals surface area contributed by atoms with Crippen molar-refractivity contribution in [3.05, 3.63) is 24.0 Å². The van der Waals surface area contributed by atoms with Crippen LogP contribution in [-0.4, -0.2) is 37.8 Å². The molecule has 4 nitrogen and oxygen atoms in total. The van der Waals surface area contributed by atoms with Crippen LogP contribution in [0, 0.1) is 5.82 Å². The van der Waals surface area contributed by atoms with E-state index in [0.29, 0.717) is 11.4 Å². The molecule has 2 rings (SSSR count). The van der Waals surface area contributed by atoms with E-state index in [1.165, 1.54) is 11.0 Å². The van der Waals surface area contributed by atoms with Crippen LogP contribution in [0.3, 0.4) is 0 Å². The van der Waals surface area contributed by atoms with E-state index in [4.69, 9.17) is 0 Å². The van der Waals surface area contributed by atoms with Crippen molar-refractivity contribution in [1.82, 2.24) is 0 Å². The van der Waals surface area contributed by atoms with E-state index in [-0.39, 0.29) is 24.7 Å². The van der Waals surface area contributed by atoms with Crippen molar-refractivity contribution in [3.63, 3.8) is 0 Å². The number of carbonyl (C=O) groups is 1. The van der Waals surface area contributed by atoms with Gasteiger partial charge in [-0.3, -0.25) is 4.79 Å². The highest BCUT2D eigenvalue weighted by Crippen LogP contribution is 2.26. The molecule has 1 aliphatic heterocycles. The van der Waals surface area contributed by atoms with Crippen LogP contribution < -0.4 is 9.80 Å². The lowest BCUT2D eigenvalue weighted by molar-refractivity contribution is -0.117. The van der Waals surface area contributed by atoms with Gasteiger partial charge in [-0.1, -0.05) is 0 Å². The maximum Gasteiger partial charge on any atom is 0.229 e. The van der Waals surface area contributed by atoms with E-state index in [1.807, 2.05) is 0 Å². The van der Waals surface area contributed by atoms with Crippen molar-refractivity contribution in [2.75, 3.05) is 30.4 Å². The van der Waals surface area contributed by atoms with Crippen LogP contribution in [0.25, 0.3) is 0 Å². The third kappa shape index (κ3) is 2.24. The fourth-order valence-electron chi connectivity index (χ4n) is 1.96. The first-order valence-corrected chi connectivity index (χ1v) is 5.44. The highest BCUT2D eigenvalue weighted by Gasteiger charge is 2.29. The summed E-state index contributed by atoms with van der Waals surface area (Å²) in [5, 5.41) is 9.38. The molecule has 1 fully saturated rings. The molecule has 1 aliphatic rings. The first-order chi connectivity index (χ1) is 7.99. The van der Waals surface area contributed by atoms with E-state index >= 15 is 0 Å². The first-order valence-electron chi connectivity index (χ1n) is 5.44. The van der Waals surface area contributed by atoms with Gasteiger partial charge in [0.05, 0.1) is 24.8 Å². The lowest BCUT2D eigenvalue weighted by atomic mass is 10.2. The molecule has 17 heavy (non-hydrogen) atoms. The molecule has 1 aromatic rings. The topological polar surface area (TPSA) is 43.8 Å². The van der Waals surface area contributed by atoms with Gasteiger partial charge in [-0.25, -0.2) is 4.39 Å². The molecular weight excluding hydrogens is 223 g/mol. The summed E-state index contributed by atoms with van der Waals surface area (Å²) in [6, 6.07) is 4.64. The smallest absolute Gasteiger partial charge is 0.229 e. The zero-order chi connectivity index (χ0) is 12.6. The normalized spacial score (nSPS) is 19.9. The summed E-state index contributed by atoms with van der Waals surface area (Å²) in [5.74, 6) is -0.545. The summed E-state index contributed by atoms with van der Waals surface area (Å²) in [5.41, 5.74) is 0.968. The number of nitrogens with zero attached hydrogens (tertiary/aromatic N) is 2. The van der Waals surface area contributed by atoms with E-state index in [2.05, 4.69) is 0 Å². The molecule has 0 saturated carbocycles. The Labute approximate surface area is 99.3 Å². The van der Waals surface area contributed by atoms with Crippen LogP contribution in [0.4, 0.5) is 15.8 Å². The summed E-state index contributed by atoms with van der Waals surface area (Å²) in [6.45, 7) is 0.236. The summed E-state index contributed by atoms with van der Waals surface area (Å²) >= 11 is 0. The van der Waals surface area contributed by atoms with E-state index in [9.17, 15) is 14.3 Å². The predicted molar refractivity (Wildman–Crippen MR) is 63.7 cm³/mol. The number of hydrogen-bond acceptors (Lipinski definition) is 3. The van der Waals surface area contributed by atoms with Crippen molar-refractivity contribution in [2.24, 2.45) is 0 Å². The minimum absolute atomic E-state index is 0.108. The molecule has 1 saturated heterocycles. The summed E-state index contributed by atoms with van der Waals surface area (Å²) in [4.78, 5) is 14.6. The third-order valence-electron chi connectivity index (χ3n) is 2.83. The quantitative estimate of drug-likeness (QED) is 0.835. The fraction of sp³-hybridized carbons (Fsp3) is 0.417. The molecule has 1 unspecified atom stereocenters. The molecule has 0 aromatic heterocycles. The number of hydrogen-bond donors (Lipinski definition) is 1. The van der Waals surface area contributed by atoms with Crippen LogP contribution in [0.15, 0.2) is 18.2 Å². The number of β-amino-alcohol motifs (C(OH)–C–C–N with tert-alkyl or cyclic N) is 1. The number of aliphatic hydroxyl groups is 1. The zero-order valence-electron chi connectivity index (χ0n) is 9.85. The first kappa shape index (κ1) is 11.9. The molecule has 1 N–H and O–H groups in total. The maximum absolute atomic E-state index is 13.7. The van der Waals surface area contributed by atoms with Gasteiger partial charge in [0.1, 0.15) is 5.82 Å². The Hall–Kier alpha value is -1.62. The van der Waals surface area contributed by atoms with Gasteiger partial charge in [-0.05, 0) is 18.2 Å². The second-order valence-electron chi connectivity index (χ2n) is 4.39. The molecule has 92 valence electrons. The highest BCUT2D eigenvalue weighted by molar-refractivity contribution is 5.96. The molecule has 0 bridgehead atoms. The van der Waals surface area contributed by atoms with Crippen molar-refractivity contribution >= 4 is 17.3 Å². The SMILES string of the molecule is CN(C)c1ccc(N2CC(O)CC2=O)cc1F. The Morgan fingerprint density at radius 3 is 2.65 bits per heavy atom. The highest BCUT2D eigenvalue weighted by atomic mass is 19.1. The number of rotatable bonds is 2. The summed E-state index contributed by atoms with van der Waals surface area (Å²) in [7, 11) is 3.51.